The minimum absolute atomic E-state index is 0.130. The molecule has 0 unspecified atom stereocenters. The summed E-state index contributed by atoms with van der Waals surface area (Å²) in [5.74, 6) is 2.02. The molecule has 1 N–H and O–H groups in total. The van der Waals surface area contributed by atoms with Gasteiger partial charge >= 0.3 is 0 Å². The summed E-state index contributed by atoms with van der Waals surface area (Å²) in [6.45, 7) is 2.72. The van der Waals surface area contributed by atoms with Crippen LogP contribution in [-0.4, -0.2) is 50.3 Å². The molecule has 2 aromatic heterocycles. The highest BCUT2D eigenvalue weighted by Crippen LogP contribution is 2.34. The first-order chi connectivity index (χ1) is 15.2. The van der Waals surface area contributed by atoms with Crippen LogP contribution in [0.1, 0.15) is 6.92 Å². The first-order valence-electron chi connectivity index (χ1n) is 9.34. The van der Waals surface area contributed by atoms with Crippen LogP contribution in [0.25, 0.3) is 15.9 Å². The lowest BCUT2D eigenvalue weighted by Crippen LogP contribution is -2.14. The minimum atomic E-state index is -0.200. The summed E-state index contributed by atoms with van der Waals surface area (Å²) in [5.41, 5.74) is 1.52. The fourth-order valence-electron chi connectivity index (χ4n) is 2.95. The molecule has 0 spiro atoms. The fraction of sp³-hybridized carbons (Fsp3) is 0.211. The lowest BCUT2D eigenvalue weighted by atomic mass is 10.3. The van der Waals surface area contributed by atoms with E-state index in [0.717, 1.165) is 16.0 Å². The van der Waals surface area contributed by atoms with E-state index < -0.39 is 0 Å². The van der Waals surface area contributed by atoms with E-state index in [1.807, 2.05) is 31.2 Å². The highest BCUT2D eigenvalue weighted by molar-refractivity contribution is 7.99. The van der Waals surface area contributed by atoms with Crippen LogP contribution in [0.15, 0.2) is 41.6 Å². The quantitative estimate of drug-likeness (QED) is 0.419. The van der Waals surface area contributed by atoms with E-state index in [4.69, 9.17) is 14.2 Å². The number of rotatable bonds is 7. The number of thioether (sulfide) groups is 1. The summed E-state index contributed by atoms with van der Waals surface area (Å²) >= 11 is 2.62. The molecule has 158 valence electrons. The number of fused-ring (bicyclic) bond motifs is 2. The highest BCUT2D eigenvalue weighted by Gasteiger charge is 2.17. The third-order valence-corrected chi connectivity index (χ3v) is 6.14. The van der Waals surface area contributed by atoms with Crippen molar-refractivity contribution in [3.8, 4) is 22.9 Å². The molecule has 1 aliphatic heterocycles. The van der Waals surface area contributed by atoms with Crippen LogP contribution in [0.2, 0.25) is 0 Å². The van der Waals surface area contributed by atoms with Gasteiger partial charge in [0.25, 0.3) is 0 Å². The van der Waals surface area contributed by atoms with Gasteiger partial charge < -0.3 is 19.5 Å². The maximum absolute atomic E-state index is 12.5. The summed E-state index contributed by atoms with van der Waals surface area (Å²) in [7, 11) is 0. The number of anilines is 1. The number of nitrogens with one attached hydrogen (secondary N) is 1. The molecule has 10 nitrogen and oxygen atoms in total. The van der Waals surface area contributed by atoms with Gasteiger partial charge in [0.05, 0.1) is 28.3 Å². The van der Waals surface area contributed by atoms with Crippen molar-refractivity contribution in [1.82, 2.24) is 25.2 Å². The number of carbonyl (C=O) groups excluding carboxylic acids is 1. The Kier molecular flexibility index (Phi) is 5.30. The zero-order valence-electron chi connectivity index (χ0n) is 16.3. The Morgan fingerprint density at radius 1 is 1.26 bits per heavy atom. The number of amides is 1. The molecule has 3 heterocycles. The first-order valence-corrected chi connectivity index (χ1v) is 11.1. The number of ether oxygens (including phenoxy) is 3. The summed E-state index contributed by atoms with van der Waals surface area (Å²) in [6.07, 6.45) is 0. The second-order valence-corrected chi connectivity index (χ2v) is 8.30. The molecule has 2 aromatic carbocycles. The van der Waals surface area contributed by atoms with Gasteiger partial charge in [0.2, 0.25) is 17.9 Å². The van der Waals surface area contributed by atoms with Crippen molar-refractivity contribution < 1.29 is 19.0 Å². The van der Waals surface area contributed by atoms with Gasteiger partial charge in [0, 0.05) is 6.07 Å². The van der Waals surface area contributed by atoms with Gasteiger partial charge in [-0.2, -0.15) is 4.68 Å². The third-order valence-electron chi connectivity index (χ3n) is 4.29. The van der Waals surface area contributed by atoms with Crippen molar-refractivity contribution in [2.75, 3.05) is 24.5 Å². The molecule has 0 bridgehead atoms. The van der Waals surface area contributed by atoms with E-state index in [1.165, 1.54) is 23.1 Å². The molecular weight excluding hydrogens is 440 g/mol. The molecule has 0 fully saturated rings. The lowest BCUT2D eigenvalue weighted by molar-refractivity contribution is -0.113. The number of hydrogen-bond acceptors (Lipinski definition) is 10. The topological polar surface area (TPSA) is 113 Å². The van der Waals surface area contributed by atoms with Crippen LogP contribution in [0, 0.1) is 0 Å². The predicted octanol–water partition coefficient (Wildman–Crippen LogP) is 3.13. The van der Waals surface area contributed by atoms with Crippen LogP contribution in [0.5, 0.6) is 17.2 Å². The van der Waals surface area contributed by atoms with E-state index in [-0.39, 0.29) is 18.5 Å². The molecule has 0 saturated carbocycles. The second-order valence-electron chi connectivity index (χ2n) is 6.33. The standard InChI is InChI=1S/C19H16N6O4S2/c1-2-27-12-4-5-13-16(8-12)31-18(20-13)21-17(26)9-30-19-22-23-24-25(19)11-3-6-14-15(7-11)29-10-28-14/h3-8H,2,9-10H2,1H3,(H,20,21,26). The molecule has 0 aliphatic carbocycles. The number of thiazole rings is 1. The molecule has 0 atom stereocenters. The van der Waals surface area contributed by atoms with Crippen molar-refractivity contribution in [3.05, 3.63) is 36.4 Å². The maximum Gasteiger partial charge on any atom is 0.236 e. The Morgan fingerprint density at radius 3 is 3.06 bits per heavy atom. The van der Waals surface area contributed by atoms with Gasteiger partial charge in [0.1, 0.15) is 5.75 Å². The molecule has 1 aliphatic rings. The molecule has 1 amide bonds. The predicted molar refractivity (Wildman–Crippen MR) is 115 cm³/mol. The summed E-state index contributed by atoms with van der Waals surface area (Å²) in [4.78, 5) is 16.9. The summed E-state index contributed by atoms with van der Waals surface area (Å²) < 4.78 is 18.7. The Bertz CT molecular complexity index is 1260. The van der Waals surface area contributed by atoms with Crippen LogP contribution >= 0.6 is 23.1 Å². The molecule has 5 rings (SSSR count). The van der Waals surface area contributed by atoms with Crippen LogP contribution < -0.4 is 19.5 Å². The van der Waals surface area contributed by atoms with Gasteiger partial charge in [-0.05, 0) is 47.7 Å². The monoisotopic (exact) mass is 456 g/mol. The second kappa shape index (κ2) is 8.40. The van der Waals surface area contributed by atoms with E-state index in [2.05, 4.69) is 25.8 Å². The van der Waals surface area contributed by atoms with E-state index in [1.54, 1.807) is 16.8 Å². The van der Waals surface area contributed by atoms with Crippen LogP contribution in [0.4, 0.5) is 5.13 Å². The van der Waals surface area contributed by atoms with Crippen molar-refractivity contribution in [1.29, 1.82) is 0 Å². The van der Waals surface area contributed by atoms with Crippen molar-refractivity contribution in [2.24, 2.45) is 0 Å². The van der Waals surface area contributed by atoms with Gasteiger partial charge in [-0.25, -0.2) is 4.98 Å². The van der Waals surface area contributed by atoms with Crippen molar-refractivity contribution >= 4 is 44.4 Å². The minimum Gasteiger partial charge on any atom is -0.494 e. The largest absolute Gasteiger partial charge is 0.494 e. The number of benzene rings is 2. The summed E-state index contributed by atoms with van der Waals surface area (Å²) in [5, 5.41) is 15.6. The zero-order valence-corrected chi connectivity index (χ0v) is 17.9. The maximum atomic E-state index is 12.5. The van der Waals surface area contributed by atoms with Crippen LogP contribution in [-0.2, 0) is 4.79 Å². The number of aromatic nitrogens is 5. The molecular formula is C19H16N6O4S2. The van der Waals surface area contributed by atoms with Crippen LogP contribution in [0.3, 0.4) is 0 Å². The average Bonchev–Trinajstić information content (AvgIpc) is 3.50. The van der Waals surface area contributed by atoms with E-state index in [9.17, 15) is 4.79 Å². The molecule has 4 aromatic rings. The fourth-order valence-corrected chi connectivity index (χ4v) is 4.55. The van der Waals surface area contributed by atoms with Crippen molar-refractivity contribution in [3.63, 3.8) is 0 Å². The average molecular weight is 457 g/mol. The van der Waals surface area contributed by atoms with Gasteiger partial charge in [-0.1, -0.05) is 23.1 Å². The number of hydrogen-bond donors (Lipinski definition) is 1. The molecule has 0 saturated heterocycles. The Labute approximate surface area is 184 Å². The van der Waals surface area contributed by atoms with E-state index in [0.29, 0.717) is 34.1 Å². The Balaban J connectivity index is 1.24. The Morgan fingerprint density at radius 2 is 2.16 bits per heavy atom. The summed E-state index contributed by atoms with van der Waals surface area (Å²) in [6, 6.07) is 11.1. The highest BCUT2D eigenvalue weighted by atomic mass is 32.2. The Hall–Kier alpha value is -3.38. The van der Waals surface area contributed by atoms with Crippen molar-refractivity contribution in [2.45, 2.75) is 12.1 Å². The molecule has 0 radical (unpaired) electrons. The number of nitrogens with zero attached hydrogens (tertiary/aromatic N) is 5. The zero-order chi connectivity index (χ0) is 21.2. The molecule has 31 heavy (non-hydrogen) atoms. The molecule has 12 heteroatoms. The van der Waals surface area contributed by atoms with E-state index >= 15 is 0 Å². The normalized spacial score (nSPS) is 12.3. The van der Waals surface area contributed by atoms with Gasteiger partial charge in [-0.3, -0.25) is 4.79 Å². The number of carbonyl (C=O) groups is 1. The smallest absolute Gasteiger partial charge is 0.236 e. The lowest BCUT2D eigenvalue weighted by Gasteiger charge is -2.05. The first kappa shape index (κ1) is 19.6. The number of tetrazole rings is 1. The third kappa shape index (κ3) is 4.11. The van der Waals surface area contributed by atoms with Gasteiger partial charge in [0.15, 0.2) is 16.6 Å². The SMILES string of the molecule is CCOc1ccc2nc(NC(=O)CSc3nnnn3-c3ccc4c(c3)OCO4)sc2c1. The van der Waals surface area contributed by atoms with Gasteiger partial charge in [-0.15, -0.1) is 5.10 Å².